The fourth-order valence-corrected chi connectivity index (χ4v) is 4.50. The van der Waals surface area contributed by atoms with Gasteiger partial charge in [0.15, 0.2) is 5.41 Å². The average Bonchev–Trinajstić information content (AvgIpc) is 2.72. The Morgan fingerprint density at radius 1 is 1.14 bits per heavy atom. The summed E-state index contributed by atoms with van der Waals surface area (Å²) in [6.45, 7) is 2.13. The maximum atomic E-state index is 10.1. The van der Waals surface area contributed by atoms with Crippen molar-refractivity contribution in [1.82, 2.24) is 0 Å². The Labute approximate surface area is 165 Å². The third kappa shape index (κ3) is 2.68. The van der Waals surface area contributed by atoms with Crippen LogP contribution in [0.15, 0.2) is 41.1 Å². The second kappa shape index (κ2) is 7.29. The smallest absolute Gasteiger partial charge is 0.191 e. The maximum Gasteiger partial charge on any atom is 0.191 e. The van der Waals surface area contributed by atoms with Gasteiger partial charge in [-0.25, -0.2) is 0 Å². The van der Waals surface area contributed by atoms with Gasteiger partial charge in [-0.15, -0.1) is 0 Å². The van der Waals surface area contributed by atoms with E-state index in [1.165, 1.54) is 0 Å². The van der Waals surface area contributed by atoms with Gasteiger partial charge in [0.2, 0.25) is 0 Å². The molecule has 0 bridgehead atoms. The number of nitrogens with two attached hydrogens (primary N) is 1. The molecule has 6 heteroatoms. The van der Waals surface area contributed by atoms with Gasteiger partial charge >= 0.3 is 0 Å². The van der Waals surface area contributed by atoms with Crippen LogP contribution in [-0.2, 0) is 0 Å². The van der Waals surface area contributed by atoms with Gasteiger partial charge in [-0.1, -0.05) is 13.0 Å². The van der Waals surface area contributed by atoms with E-state index in [-0.39, 0.29) is 17.2 Å². The zero-order valence-electron chi connectivity index (χ0n) is 16.2. The lowest BCUT2D eigenvalue weighted by Gasteiger charge is -2.44. The van der Waals surface area contributed by atoms with Crippen LogP contribution in [0.1, 0.15) is 31.2 Å². The average molecular weight is 374 g/mol. The third-order valence-corrected chi connectivity index (χ3v) is 5.88. The van der Waals surface area contributed by atoms with Crippen LogP contribution in [0.2, 0.25) is 0 Å². The summed E-state index contributed by atoms with van der Waals surface area (Å²) >= 11 is 0. The molecule has 28 heavy (non-hydrogen) atoms. The molecule has 0 aromatic heterocycles. The van der Waals surface area contributed by atoms with Crippen LogP contribution >= 0.6 is 0 Å². The highest BCUT2D eigenvalue weighted by molar-refractivity contribution is 5.61. The van der Waals surface area contributed by atoms with Crippen molar-refractivity contribution in [2.75, 3.05) is 14.2 Å². The maximum absolute atomic E-state index is 10.1. The van der Waals surface area contributed by atoms with Crippen molar-refractivity contribution in [3.8, 4) is 29.7 Å². The van der Waals surface area contributed by atoms with Crippen molar-refractivity contribution in [2.45, 2.75) is 25.7 Å². The van der Waals surface area contributed by atoms with E-state index in [4.69, 9.17) is 15.2 Å². The molecule has 3 atom stereocenters. The standard InChI is InChI=1S/C22H22N4O2/c1-13-4-6-15-16(8-13)20(17-9-14(27-2)5-7-19(17)28-3)22(11-24,12-25)21(26)18(15)10-23/h5-7,9,13,16,20H,4,8,26H2,1-3H3/t13-,16+,20+/m1/s1. The first kappa shape index (κ1) is 19.3. The Morgan fingerprint density at radius 3 is 2.43 bits per heavy atom. The van der Waals surface area contributed by atoms with Crippen LogP contribution in [0.5, 0.6) is 11.5 Å². The highest BCUT2D eigenvalue weighted by Crippen LogP contribution is 2.58. The van der Waals surface area contributed by atoms with Crippen LogP contribution in [-0.4, -0.2) is 14.2 Å². The number of hydrogen-bond acceptors (Lipinski definition) is 6. The van der Waals surface area contributed by atoms with Crippen LogP contribution < -0.4 is 15.2 Å². The minimum absolute atomic E-state index is 0.0203. The highest BCUT2D eigenvalue weighted by Gasteiger charge is 2.55. The largest absolute Gasteiger partial charge is 0.497 e. The molecule has 0 unspecified atom stereocenters. The molecule has 0 fully saturated rings. The quantitative estimate of drug-likeness (QED) is 0.865. The first-order valence-electron chi connectivity index (χ1n) is 9.12. The monoisotopic (exact) mass is 374 g/mol. The summed E-state index contributed by atoms with van der Waals surface area (Å²) < 4.78 is 10.9. The Bertz CT molecular complexity index is 973. The summed E-state index contributed by atoms with van der Waals surface area (Å²) in [6, 6.07) is 11.8. The number of rotatable bonds is 3. The van der Waals surface area contributed by atoms with Crippen molar-refractivity contribution in [3.05, 3.63) is 46.7 Å². The van der Waals surface area contributed by atoms with Crippen LogP contribution in [0.25, 0.3) is 0 Å². The number of fused-ring (bicyclic) bond motifs is 1. The lowest BCUT2D eigenvalue weighted by Crippen LogP contribution is -2.43. The molecule has 0 aliphatic heterocycles. The first-order valence-corrected chi connectivity index (χ1v) is 9.12. The molecular formula is C22H22N4O2. The number of hydrogen-bond donors (Lipinski definition) is 1. The minimum Gasteiger partial charge on any atom is -0.497 e. The zero-order valence-corrected chi connectivity index (χ0v) is 16.2. The van der Waals surface area contributed by atoms with Crippen molar-refractivity contribution in [2.24, 2.45) is 23.0 Å². The molecule has 0 radical (unpaired) electrons. The molecule has 142 valence electrons. The topological polar surface area (TPSA) is 116 Å². The van der Waals surface area contributed by atoms with Gasteiger partial charge in [-0.3, -0.25) is 0 Å². The van der Waals surface area contributed by atoms with E-state index in [2.05, 4.69) is 25.1 Å². The molecule has 3 rings (SSSR count). The summed E-state index contributed by atoms with van der Waals surface area (Å²) in [5.41, 5.74) is 6.46. The van der Waals surface area contributed by atoms with Gasteiger partial charge in [-0.2, -0.15) is 15.8 Å². The zero-order chi connectivity index (χ0) is 20.5. The van der Waals surface area contributed by atoms with Gasteiger partial charge in [0.25, 0.3) is 0 Å². The number of nitrogens with zero attached hydrogens (tertiary/aromatic N) is 3. The SMILES string of the molecule is COc1ccc(OC)c([C@@H]2[C@H]3C[C@H](C)CC=C3C(C#N)=C(N)C2(C#N)C#N)c1. The predicted molar refractivity (Wildman–Crippen MR) is 103 cm³/mol. The Morgan fingerprint density at radius 2 is 1.86 bits per heavy atom. The molecule has 0 heterocycles. The van der Waals surface area contributed by atoms with E-state index in [9.17, 15) is 15.8 Å². The lowest BCUT2D eigenvalue weighted by molar-refractivity contribution is 0.275. The molecule has 2 N–H and O–H groups in total. The lowest BCUT2D eigenvalue weighted by atomic mass is 9.55. The molecule has 0 amide bonds. The summed E-state index contributed by atoms with van der Waals surface area (Å²) in [6.07, 6.45) is 3.61. The highest BCUT2D eigenvalue weighted by atomic mass is 16.5. The van der Waals surface area contributed by atoms with Crippen molar-refractivity contribution in [1.29, 1.82) is 15.8 Å². The Balaban J connectivity index is 2.38. The summed E-state index contributed by atoms with van der Waals surface area (Å²) in [4.78, 5) is 0. The molecule has 0 saturated carbocycles. The van der Waals surface area contributed by atoms with Crippen LogP contribution in [0.4, 0.5) is 0 Å². The normalized spacial score (nSPS) is 25.4. The molecular weight excluding hydrogens is 352 g/mol. The predicted octanol–water partition coefficient (Wildman–Crippen LogP) is 3.54. The van der Waals surface area contributed by atoms with Gasteiger partial charge in [-0.05, 0) is 48.4 Å². The molecule has 0 saturated heterocycles. The Kier molecular flexibility index (Phi) is 5.04. The van der Waals surface area contributed by atoms with E-state index < -0.39 is 11.3 Å². The van der Waals surface area contributed by atoms with E-state index in [0.717, 1.165) is 18.4 Å². The summed E-state index contributed by atoms with van der Waals surface area (Å²) in [7, 11) is 3.11. The first-order chi connectivity index (χ1) is 13.5. The second-order valence-electron chi connectivity index (χ2n) is 7.36. The van der Waals surface area contributed by atoms with E-state index in [1.807, 2.05) is 6.08 Å². The van der Waals surface area contributed by atoms with Crippen molar-refractivity contribution >= 4 is 0 Å². The second-order valence-corrected chi connectivity index (χ2v) is 7.36. The summed E-state index contributed by atoms with van der Waals surface area (Å²) in [5.74, 6) is 0.766. The fraction of sp³-hybridized carbons (Fsp3) is 0.409. The molecule has 0 spiro atoms. The molecule has 6 nitrogen and oxygen atoms in total. The van der Waals surface area contributed by atoms with Gasteiger partial charge < -0.3 is 15.2 Å². The summed E-state index contributed by atoms with van der Waals surface area (Å²) in [5, 5.41) is 30.0. The van der Waals surface area contributed by atoms with Crippen LogP contribution in [0.3, 0.4) is 0 Å². The van der Waals surface area contributed by atoms with Gasteiger partial charge in [0.1, 0.15) is 17.6 Å². The number of allylic oxidation sites excluding steroid dienone is 4. The molecule has 1 aromatic rings. The van der Waals surface area contributed by atoms with Crippen molar-refractivity contribution in [3.63, 3.8) is 0 Å². The van der Waals surface area contributed by atoms with Crippen molar-refractivity contribution < 1.29 is 9.47 Å². The van der Waals surface area contributed by atoms with E-state index in [1.54, 1.807) is 32.4 Å². The molecule has 2 aliphatic rings. The van der Waals surface area contributed by atoms with E-state index in [0.29, 0.717) is 23.0 Å². The minimum atomic E-state index is -1.66. The number of nitriles is 3. The van der Waals surface area contributed by atoms with E-state index >= 15 is 0 Å². The van der Waals surface area contributed by atoms with Gasteiger partial charge in [0, 0.05) is 11.5 Å². The van der Waals surface area contributed by atoms with Gasteiger partial charge in [0.05, 0.1) is 37.6 Å². The fourth-order valence-electron chi connectivity index (χ4n) is 4.50. The number of methoxy groups -OCH3 is 2. The third-order valence-electron chi connectivity index (χ3n) is 5.88. The Hall–Kier alpha value is -3.43. The number of ether oxygens (including phenoxy) is 2. The van der Waals surface area contributed by atoms with Crippen LogP contribution in [0, 0.1) is 51.2 Å². The molecule has 1 aromatic carbocycles. The molecule has 2 aliphatic carbocycles. The number of benzene rings is 1.